The van der Waals surface area contributed by atoms with Crippen LogP contribution in [0.4, 0.5) is 0 Å². The average molecular weight is 301 g/mol. The normalized spacial score (nSPS) is 7.62. The third kappa shape index (κ3) is 5.90. The molecule has 0 radical (unpaired) electrons. The Kier molecular flexibility index (Phi) is 10.7. The molecule has 44 valence electrons. The van der Waals surface area contributed by atoms with Crippen molar-refractivity contribution in [2.45, 2.75) is 20.8 Å². The molecule has 3 heteroatoms. The summed E-state index contributed by atoms with van der Waals surface area (Å²) in [7, 11) is 0. The molecule has 0 aliphatic heterocycles. The molecular formula is C5H9BrMgTe. The Hall–Kier alpha value is 1.78. The number of allylic oxidation sites excluding steroid dienone is 2. The van der Waals surface area contributed by atoms with E-state index in [2.05, 4.69) is 38.7 Å². The van der Waals surface area contributed by atoms with Crippen molar-refractivity contribution in [3.05, 3.63) is 9.19 Å². The van der Waals surface area contributed by atoms with Crippen LogP contribution in [0.3, 0.4) is 0 Å². The summed E-state index contributed by atoms with van der Waals surface area (Å²) in [4.78, 5) is 0. The van der Waals surface area contributed by atoms with Crippen molar-refractivity contribution in [2.24, 2.45) is 0 Å². The number of rotatable bonds is 1. The van der Waals surface area contributed by atoms with Crippen molar-refractivity contribution in [3.63, 3.8) is 0 Å². The fourth-order valence-electron chi connectivity index (χ4n) is 0.144. The first kappa shape index (κ1) is 12.5. The van der Waals surface area contributed by atoms with Gasteiger partial charge in [-0.3, -0.25) is 0 Å². The van der Waals surface area contributed by atoms with Gasteiger partial charge in [0.05, 0.1) is 0 Å². The Morgan fingerprint density at radius 1 is 1.25 bits per heavy atom. The zero-order chi connectivity index (χ0) is 5.86. The minimum Gasteiger partial charge on any atom is -1.00 e. The predicted molar refractivity (Wildman–Crippen MR) is 35.6 cm³/mol. The molecule has 0 rings (SSSR count). The van der Waals surface area contributed by atoms with Gasteiger partial charge in [-0.25, -0.2) is 0 Å². The quantitative estimate of drug-likeness (QED) is 0.496. The second-order valence-corrected chi connectivity index (χ2v) is 6.21. The SMILES string of the molecule is CC(C)=C(C)[Te][Mg+].[Br-]. The van der Waals surface area contributed by atoms with Crippen LogP contribution in [0.5, 0.6) is 0 Å². The Morgan fingerprint density at radius 2 is 1.62 bits per heavy atom. The van der Waals surface area contributed by atoms with Gasteiger partial charge >= 0.3 is 65.1 Å². The molecule has 0 aliphatic carbocycles. The van der Waals surface area contributed by atoms with Crippen LogP contribution < -0.4 is 17.0 Å². The molecule has 0 saturated heterocycles. The summed E-state index contributed by atoms with van der Waals surface area (Å²) in [5.41, 5.74) is 1.53. The minimum atomic E-state index is 0. The van der Waals surface area contributed by atoms with Crippen LogP contribution in [-0.2, 0) is 0 Å². The van der Waals surface area contributed by atoms with E-state index in [-0.39, 0.29) is 34.2 Å². The third-order valence-corrected chi connectivity index (χ3v) is 6.23. The first-order valence-electron chi connectivity index (χ1n) is 2.24. The number of hydrogen-bond donors (Lipinski definition) is 0. The van der Waals surface area contributed by atoms with Gasteiger partial charge in [0.2, 0.25) is 0 Å². The smallest absolute Gasteiger partial charge is 1.00 e. The molecule has 0 bridgehead atoms. The molecule has 0 aromatic carbocycles. The van der Waals surface area contributed by atoms with Crippen LogP contribution in [0.25, 0.3) is 0 Å². The predicted octanol–water partition coefficient (Wildman–Crippen LogP) is -1.91. The third-order valence-electron chi connectivity index (χ3n) is 0.921. The van der Waals surface area contributed by atoms with Crippen molar-refractivity contribution < 1.29 is 17.0 Å². The fourth-order valence-corrected chi connectivity index (χ4v) is 2.90. The van der Waals surface area contributed by atoms with E-state index < -0.39 is 0 Å². The topological polar surface area (TPSA) is 0 Å². The number of hydrogen-bond acceptors (Lipinski definition) is 0. The van der Waals surface area contributed by atoms with Crippen molar-refractivity contribution in [1.29, 1.82) is 0 Å². The molecule has 0 spiro atoms. The van der Waals surface area contributed by atoms with E-state index in [0.29, 0.717) is 0 Å². The van der Waals surface area contributed by atoms with E-state index in [1.807, 2.05) is 0 Å². The van der Waals surface area contributed by atoms with Gasteiger partial charge in [0.1, 0.15) is 0 Å². The fraction of sp³-hybridized carbons (Fsp3) is 0.600. The maximum absolute atomic E-state index is 2.24. The van der Waals surface area contributed by atoms with E-state index in [1.54, 1.807) is 3.62 Å². The van der Waals surface area contributed by atoms with E-state index >= 15 is 0 Å². The monoisotopic (exact) mass is 302 g/mol. The molecule has 8 heavy (non-hydrogen) atoms. The van der Waals surface area contributed by atoms with Crippen LogP contribution in [0.15, 0.2) is 9.19 Å². The van der Waals surface area contributed by atoms with Gasteiger partial charge in [0, 0.05) is 0 Å². The zero-order valence-corrected chi connectivity index (χ0v) is 10.8. The van der Waals surface area contributed by atoms with Gasteiger partial charge in [-0.1, -0.05) is 0 Å². The van der Waals surface area contributed by atoms with Crippen molar-refractivity contribution in [1.82, 2.24) is 0 Å². The van der Waals surface area contributed by atoms with Gasteiger partial charge in [0.15, 0.2) is 0 Å². The molecule has 0 amide bonds. The first-order chi connectivity index (χ1) is 3.18. The summed E-state index contributed by atoms with van der Waals surface area (Å²) in [5.74, 6) is 0. The zero-order valence-electron chi connectivity index (χ0n) is 5.49. The van der Waals surface area contributed by atoms with Crippen LogP contribution in [0.2, 0.25) is 0 Å². The van der Waals surface area contributed by atoms with Crippen molar-refractivity contribution in [3.8, 4) is 0 Å². The largest absolute Gasteiger partial charge is 1.00 e. The van der Waals surface area contributed by atoms with Gasteiger partial charge < -0.3 is 17.0 Å². The molecule has 0 aromatic rings. The van der Waals surface area contributed by atoms with E-state index in [1.165, 1.54) is 5.57 Å². The molecule has 0 fully saturated rings. The summed E-state index contributed by atoms with van der Waals surface area (Å²) in [6, 6.07) is 0. The minimum absolute atomic E-state index is 0. The van der Waals surface area contributed by atoms with Gasteiger partial charge in [-0.15, -0.1) is 0 Å². The molecule has 0 N–H and O–H groups in total. The van der Waals surface area contributed by atoms with Crippen LogP contribution in [0, 0.1) is 0 Å². The van der Waals surface area contributed by atoms with E-state index in [9.17, 15) is 0 Å². The van der Waals surface area contributed by atoms with Crippen molar-refractivity contribution >= 4 is 35.1 Å². The molecule has 0 heterocycles. The Labute approximate surface area is 81.1 Å². The summed E-state index contributed by atoms with van der Waals surface area (Å²) in [6.07, 6.45) is 0. The Bertz CT molecular complexity index is 86.4. The van der Waals surface area contributed by atoms with Gasteiger partial charge in [0.25, 0.3) is 0 Å². The summed E-state index contributed by atoms with van der Waals surface area (Å²) in [5, 5.41) is 0. The first-order valence-corrected chi connectivity index (χ1v) is 8.93. The second kappa shape index (κ2) is 6.89. The molecule has 0 saturated carbocycles. The van der Waals surface area contributed by atoms with Crippen LogP contribution in [-0.4, -0.2) is 35.1 Å². The van der Waals surface area contributed by atoms with Crippen molar-refractivity contribution in [2.75, 3.05) is 0 Å². The van der Waals surface area contributed by atoms with E-state index in [4.69, 9.17) is 0 Å². The van der Waals surface area contributed by atoms with E-state index in [0.717, 1.165) is 0 Å². The molecule has 0 atom stereocenters. The van der Waals surface area contributed by atoms with Crippen LogP contribution >= 0.6 is 0 Å². The molecule has 0 aromatic heterocycles. The number of halogens is 1. The molecular weight excluding hydrogens is 292 g/mol. The van der Waals surface area contributed by atoms with Gasteiger partial charge in [-0.2, -0.15) is 0 Å². The Balaban J connectivity index is 0. The van der Waals surface area contributed by atoms with Gasteiger partial charge in [-0.05, 0) is 0 Å². The molecule has 0 aliphatic rings. The Morgan fingerprint density at radius 3 is 1.62 bits per heavy atom. The van der Waals surface area contributed by atoms with Crippen LogP contribution in [0.1, 0.15) is 20.8 Å². The molecule has 0 unspecified atom stereocenters. The maximum atomic E-state index is 2.24. The standard InChI is InChI=1S/C5H10Te.BrH.Mg/c1-4(2)5(3)6;;/h6H,1-3H3;1H;/q;;+2/p-2. The summed E-state index contributed by atoms with van der Waals surface area (Å²) < 4.78 is 1.66. The second-order valence-electron chi connectivity index (χ2n) is 1.70. The maximum Gasteiger partial charge on any atom is -1.00 e. The average Bonchev–Trinajstić information content (AvgIpc) is 1.65. The summed E-state index contributed by atoms with van der Waals surface area (Å²) >= 11 is 2.40. The molecule has 0 nitrogen and oxygen atoms in total. The summed E-state index contributed by atoms with van der Waals surface area (Å²) in [6.45, 7) is 6.62.